The molecule has 0 aromatic heterocycles. The van der Waals surface area contributed by atoms with Crippen molar-refractivity contribution in [2.75, 3.05) is 39.8 Å². The number of hydrogen-bond acceptors (Lipinski definition) is 4. The summed E-state index contributed by atoms with van der Waals surface area (Å²) in [4.78, 5) is 7.12. The molecule has 3 rings (SSSR count). The van der Waals surface area contributed by atoms with Gasteiger partial charge in [-0.25, -0.2) is 13.4 Å². The van der Waals surface area contributed by atoms with Gasteiger partial charge in [0.2, 0.25) is 10.0 Å². The third-order valence-corrected chi connectivity index (χ3v) is 6.72. The monoisotopic (exact) mass is 507 g/mol. The van der Waals surface area contributed by atoms with E-state index in [0.29, 0.717) is 30.6 Å². The molecule has 1 aromatic rings. The topological polar surface area (TPSA) is 77.0 Å². The normalized spacial score (nSPS) is 19.4. The Morgan fingerprint density at radius 2 is 1.85 bits per heavy atom. The number of nitrogens with zero attached hydrogens (tertiary/aromatic N) is 3. The first kappa shape index (κ1) is 22.4. The maximum absolute atomic E-state index is 13.1. The summed E-state index contributed by atoms with van der Waals surface area (Å²) in [5, 5.41) is 6.59. The van der Waals surface area contributed by atoms with E-state index in [1.807, 2.05) is 26.1 Å². The number of nitrogens with one attached hydrogen (secondary N) is 2. The average molecular weight is 507 g/mol. The van der Waals surface area contributed by atoms with Crippen LogP contribution in [0.4, 0.5) is 0 Å². The summed E-state index contributed by atoms with van der Waals surface area (Å²) in [6.45, 7) is 5.72. The molecule has 1 aliphatic carbocycles. The molecule has 2 N–H and O–H groups in total. The van der Waals surface area contributed by atoms with Crippen LogP contribution in [0.5, 0.6) is 0 Å². The largest absolute Gasteiger partial charge is 0.357 e. The molecule has 2 fully saturated rings. The molecule has 1 saturated heterocycles. The van der Waals surface area contributed by atoms with Gasteiger partial charge in [0.15, 0.2) is 5.96 Å². The molecule has 2 aliphatic rings. The molecule has 1 saturated carbocycles. The van der Waals surface area contributed by atoms with Gasteiger partial charge in [0.25, 0.3) is 0 Å². The number of benzene rings is 1. The SMILES string of the molecule is CCNC(=NCc1ccccc1S(=O)(=O)N1CCN(C)CC1)NC1CC1.I. The van der Waals surface area contributed by atoms with E-state index in [4.69, 9.17) is 0 Å². The molecule has 1 aliphatic heterocycles. The molecule has 0 amide bonds. The number of hydrogen-bond donors (Lipinski definition) is 2. The van der Waals surface area contributed by atoms with E-state index in [0.717, 1.165) is 31.2 Å². The number of aliphatic imine (C=N–C) groups is 1. The third-order valence-electron chi connectivity index (χ3n) is 4.72. The van der Waals surface area contributed by atoms with Crippen molar-refractivity contribution in [1.82, 2.24) is 19.8 Å². The minimum atomic E-state index is -3.49. The fourth-order valence-electron chi connectivity index (χ4n) is 2.96. The van der Waals surface area contributed by atoms with Crippen molar-refractivity contribution in [2.24, 2.45) is 4.99 Å². The summed E-state index contributed by atoms with van der Waals surface area (Å²) in [7, 11) is -1.47. The summed E-state index contributed by atoms with van der Waals surface area (Å²) in [5.41, 5.74) is 0.736. The highest BCUT2D eigenvalue weighted by atomic mass is 127. The Labute approximate surface area is 179 Å². The minimum Gasteiger partial charge on any atom is -0.357 e. The molecule has 1 heterocycles. The number of guanidine groups is 1. The van der Waals surface area contributed by atoms with Crippen molar-refractivity contribution in [3.8, 4) is 0 Å². The van der Waals surface area contributed by atoms with Gasteiger partial charge in [0.1, 0.15) is 0 Å². The molecule has 0 bridgehead atoms. The van der Waals surface area contributed by atoms with Gasteiger partial charge in [-0.15, -0.1) is 24.0 Å². The van der Waals surface area contributed by atoms with E-state index in [2.05, 4.69) is 20.5 Å². The summed E-state index contributed by atoms with van der Waals surface area (Å²) in [5.74, 6) is 0.752. The average Bonchev–Trinajstić information content (AvgIpc) is 3.44. The zero-order valence-corrected chi connectivity index (χ0v) is 19.2. The molecule has 0 spiro atoms. The fraction of sp³-hybridized carbons (Fsp3) is 0.611. The van der Waals surface area contributed by atoms with Gasteiger partial charge in [0, 0.05) is 38.8 Å². The Hall–Kier alpha value is -0.910. The van der Waals surface area contributed by atoms with Crippen LogP contribution in [0.1, 0.15) is 25.3 Å². The number of sulfonamides is 1. The van der Waals surface area contributed by atoms with Gasteiger partial charge in [-0.1, -0.05) is 18.2 Å². The number of likely N-dealkylation sites (N-methyl/N-ethyl adjacent to an activating group) is 1. The van der Waals surface area contributed by atoms with Crippen LogP contribution in [-0.2, 0) is 16.6 Å². The van der Waals surface area contributed by atoms with Crippen LogP contribution in [0.15, 0.2) is 34.2 Å². The molecule has 0 radical (unpaired) electrons. The Morgan fingerprint density at radius 1 is 1.19 bits per heavy atom. The van der Waals surface area contributed by atoms with Gasteiger partial charge in [-0.05, 0) is 38.4 Å². The highest BCUT2D eigenvalue weighted by molar-refractivity contribution is 14.0. The Balaban J connectivity index is 0.00000261. The van der Waals surface area contributed by atoms with E-state index >= 15 is 0 Å². The first-order valence-electron chi connectivity index (χ1n) is 9.32. The molecule has 7 nitrogen and oxygen atoms in total. The maximum atomic E-state index is 13.1. The second-order valence-corrected chi connectivity index (χ2v) is 8.84. The van der Waals surface area contributed by atoms with Crippen LogP contribution in [0, 0.1) is 0 Å². The molecule has 1 aromatic carbocycles. The maximum Gasteiger partial charge on any atom is 0.243 e. The molecular weight excluding hydrogens is 477 g/mol. The Kier molecular flexibility index (Phi) is 8.32. The first-order chi connectivity index (χ1) is 12.5. The van der Waals surface area contributed by atoms with Gasteiger partial charge >= 0.3 is 0 Å². The highest BCUT2D eigenvalue weighted by Gasteiger charge is 2.29. The van der Waals surface area contributed by atoms with Crippen molar-refractivity contribution in [3.63, 3.8) is 0 Å². The Morgan fingerprint density at radius 3 is 2.48 bits per heavy atom. The van der Waals surface area contributed by atoms with Crippen molar-refractivity contribution in [1.29, 1.82) is 0 Å². The van der Waals surface area contributed by atoms with Gasteiger partial charge in [-0.3, -0.25) is 0 Å². The van der Waals surface area contributed by atoms with Crippen LogP contribution < -0.4 is 10.6 Å². The molecule has 27 heavy (non-hydrogen) atoms. The zero-order chi connectivity index (χ0) is 18.6. The molecule has 0 atom stereocenters. The van der Waals surface area contributed by atoms with Crippen molar-refractivity contribution < 1.29 is 8.42 Å². The highest BCUT2D eigenvalue weighted by Crippen LogP contribution is 2.22. The predicted molar refractivity (Wildman–Crippen MR) is 119 cm³/mol. The quantitative estimate of drug-likeness (QED) is 0.347. The standard InChI is InChI=1S/C18H29N5O2S.HI/c1-3-19-18(21-16-8-9-16)20-14-15-6-4-5-7-17(15)26(24,25)23-12-10-22(2)11-13-23;/h4-7,16H,3,8-14H2,1-2H3,(H2,19,20,21);1H. The lowest BCUT2D eigenvalue weighted by Crippen LogP contribution is -2.47. The van der Waals surface area contributed by atoms with E-state index in [1.54, 1.807) is 16.4 Å². The lowest BCUT2D eigenvalue weighted by atomic mass is 10.2. The lowest BCUT2D eigenvalue weighted by molar-refractivity contribution is 0.222. The van der Waals surface area contributed by atoms with Crippen molar-refractivity contribution in [2.45, 2.75) is 37.2 Å². The predicted octanol–water partition coefficient (Wildman–Crippen LogP) is 1.46. The molecular formula is C18H30IN5O2S. The smallest absolute Gasteiger partial charge is 0.243 e. The summed E-state index contributed by atoms with van der Waals surface area (Å²) < 4.78 is 27.8. The minimum absolute atomic E-state index is 0. The summed E-state index contributed by atoms with van der Waals surface area (Å²) in [6.07, 6.45) is 2.33. The van der Waals surface area contributed by atoms with Gasteiger partial charge in [0.05, 0.1) is 11.4 Å². The van der Waals surface area contributed by atoms with Crippen LogP contribution >= 0.6 is 24.0 Å². The molecule has 0 unspecified atom stereocenters. The van der Waals surface area contributed by atoms with Crippen molar-refractivity contribution in [3.05, 3.63) is 29.8 Å². The second kappa shape index (κ2) is 10.0. The van der Waals surface area contributed by atoms with E-state index < -0.39 is 10.0 Å². The third kappa shape index (κ3) is 6.03. The lowest BCUT2D eigenvalue weighted by Gasteiger charge is -2.32. The number of piperazine rings is 1. The van der Waals surface area contributed by atoms with Gasteiger partial charge < -0.3 is 15.5 Å². The molecule has 9 heteroatoms. The fourth-order valence-corrected chi connectivity index (χ4v) is 4.60. The second-order valence-electron chi connectivity index (χ2n) is 6.93. The van der Waals surface area contributed by atoms with E-state index in [9.17, 15) is 8.42 Å². The zero-order valence-electron chi connectivity index (χ0n) is 16.0. The van der Waals surface area contributed by atoms with E-state index in [-0.39, 0.29) is 24.0 Å². The van der Waals surface area contributed by atoms with E-state index in [1.165, 1.54) is 12.8 Å². The summed E-state index contributed by atoms with van der Waals surface area (Å²) in [6, 6.07) is 7.70. The van der Waals surface area contributed by atoms with Gasteiger partial charge in [-0.2, -0.15) is 4.31 Å². The number of rotatable bonds is 6. The molecule has 152 valence electrons. The van der Waals surface area contributed by atoms with Crippen LogP contribution in [0.2, 0.25) is 0 Å². The van der Waals surface area contributed by atoms with Crippen LogP contribution in [0.25, 0.3) is 0 Å². The summed E-state index contributed by atoms with van der Waals surface area (Å²) >= 11 is 0. The number of halogens is 1. The first-order valence-corrected chi connectivity index (χ1v) is 10.8. The van der Waals surface area contributed by atoms with Crippen LogP contribution in [-0.4, -0.2) is 69.4 Å². The Bertz CT molecular complexity index is 744. The van der Waals surface area contributed by atoms with Crippen molar-refractivity contribution >= 4 is 40.0 Å². The van der Waals surface area contributed by atoms with Crippen LogP contribution in [0.3, 0.4) is 0 Å².